The molecule has 0 unspecified atom stereocenters. The van der Waals surface area contributed by atoms with Gasteiger partial charge in [0, 0.05) is 52.7 Å². The zero-order valence-electron chi connectivity index (χ0n) is 18.6. The van der Waals surface area contributed by atoms with Gasteiger partial charge in [-0.05, 0) is 24.8 Å². The van der Waals surface area contributed by atoms with E-state index in [9.17, 15) is 26.3 Å². The predicted octanol–water partition coefficient (Wildman–Crippen LogP) is 2.09. The molecule has 0 aliphatic carbocycles. The van der Waals surface area contributed by atoms with Crippen molar-refractivity contribution >= 4 is 11.9 Å². The second-order valence-electron chi connectivity index (χ2n) is 7.86. The monoisotopic (exact) mass is 506 g/mol. The molecular weight excluding hydrogens is 478 g/mol. The van der Waals surface area contributed by atoms with Gasteiger partial charge in [-0.1, -0.05) is 0 Å². The SMILES string of the molecule is COCCN1CC[C@@H]2CN(Cc3nccn3C)C[C@@H]2C1.O=C(O)C(F)(F)F.O=C(O)C(F)(F)F. The van der Waals surface area contributed by atoms with Crippen LogP contribution in [0.2, 0.25) is 0 Å². The third-order valence-corrected chi connectivity index (χ3v) is 5.34. The topological polar surface area (TPSA) is 108 Å². The molecule has 2 aliphatic rings. The summed E-state index contributed by atoms with van der Waals surface area (Å²) in [7, 11) is 3.87. The van der Waals surface area contributed by atoms with Crippen molar-refractivity contribution in [2.24, 2.45) is 18.9 Å². The number of rotatable bonds is 5. The second kappa shape index (κ2) is 12.9. The molecule has 34 heavy (non-hydrogen) atoms. The Morgan fingerprint density at radius 3 is 1.97 bits per heavy atom. The Morgan fingerprint density at radius 2 is 1.53 bits per heavy atom. The molecule has 0 saturated carbocycles. The number of carboxylic acid groups (broad SMARTS) is 2. The van der Waals surface area contributed by atoms with Gasteiger partial charge in [-0.25, -0.2) is 14.6 Å². The van der Waals surface area contributed by atoms with Crippen molar-refractivity contribution in [3.05, 3.63) is 18.2 Å². The van der Waals surface area contributed by atoms with E-state index in [4.69, 9.17) is 24.5 Å². The number of halogens is 6. The number of methoxy groups -OCH3 is 1. The molecule has 2 fully saturated rings. The van der Waals surface area contributed by atoms with Crippen LogP contribution in [0, 0.1) is 11.8 Å². The van der Waals surface area contributed by atoms with Crippen LogP contribution < -0.4 is 0 Å². The molecule has 0 radical (unpaired) electrons. The molecule has 0 spiro atoms. The van der Waals surface area contributed by atoms with E-state index in [-0.39, 0.29) is 0 Å². The average Bonchev–Trinajstić information content (AvgIpc) is 3.31. The smallest absolute Gasteiger partial charge is 0.475 e. The molecule has 0 aromatic carbocycles. The van der Waals surface area contributed by atoms with Gasteiger partial charge < -0.3 is 24.4 Å². The highest BCUT2D eigenvalue weighted by Crippen LogP contribution is 2.31. The van der Waals surface area contributed by atoms with Crippen molar-refractivity contribution in [2.75, 3.05) is 46.4 Å². The van der Waals surface area contributed by atoms with Gasteiger partial charge in [-0.3, -0.25) is 4.90 Å². The van der Waals surface area contributed by atoms with Gasteiger partial charge in [0.1, 0.15) is 5.82 Å². The van der Waals surface area contributed by atoms with Crippen molar-refractivity contribution in [2.45, 2.75) is 25.3 Å². The Balaban J connectivity index is 0.000000343. The zero-order chi connectivity index (χ0) is 26.1. The maximum Gasteiger partial charge on any atom is 0.490 e. The van der Waals surface area contributed by atoms with E-state index in [2.05, 4.69) is 26.4 Å². The highest BCUT2D eigenvalue weighted by Gasteiger charge is 2.39. The highest BCUT2D eigenvalue weighted by atomic mass is 19.4. The summed E-state index contributed by atoms with van der Waals surface area (Å²) in [6.07, 6.45) is -4.90. The van der Waals surface area contributed by atoms with Crippen LogP contribution in [0.15, 0.2) is 12.4 Å². The third kappa shape index (κ3) is 10.3. The molecule has 1 aromatic heterocycles. The summed E-state index contributed by atoms with van der Waals surface area (Å²) in [6.45, 7) is 7.88. The number of hydrogen-bond donors (Lipinski definition) is 2. The van der Waals surface area contributed by atoms with Crippen LogP contribution in [0.4, 0.5) is 26.3 Å². The fourth-order valence-corrected chi connectivity index (χ4v) is 3.64. The van der Waals surface area contributed by atoms with Gasteiger partial charge >= 0.3 is 24.3 Å². The van der Waals surface area contributed by atoms with Crippen molar-refractivity contribution in [1.82, 2.24) is 19.4 Å². The number of carbonyl (C=O) groups is 2. The van der Waals surface area contributed by atoms with Crippen LogP contribution in [0.1, 0.15) is 12.2 Å². The number of carboxylic acids is 2. The Hall–Kier alpha value is -2.39. The van der Waals surface area contributed by atoms with Crippen LogP contribution >= 0.6 is 0 Å². The Labute approximate surface area is 191 Å². The molecule has 0 amide bonds. The first-order chi connectivity index (χ1) is 15.6. The fraction of sp³-hybridized carbons (Fsp3) is 0.737. The number of hydrogen-bond acceptors (Lipinski definition) is 6. The lowest BCUT2D eigenvalue weighted by atomic mass is 9.89. The number of aromatic nitrogens is 2. The molecule has 15 heteroatoms. The van der Waals surface area contributed by atoms with E-state index in [1.165, 1.54) is 38.4 Å². The average molecular weight is 506 g/mol. The van der Waals surface area contributed by atoms with E-state index in [0.29, 0.717) is 0 Å². The number of aliphatic carboxylic acids is 2. The summed E-state index contributed by atoms with van der Waals surface area (Å²) in [5.74, 6) is -2.62. The molecule has 0 bridgehead atoms. The second-order valence-corrected chi connectivity index (χ2v) is 7.86. The minimum atomic E-state index is -5.08. The van der Waals surface area contributed by atoms with Crippen LogP contribution in [-0.2, 0) is 27.9 Å². The zero-order valence-corrected chi connectivity index (χ0v) is 18.6. The van der Waals surface area contributed by atoms with E-state index in [1.807, 2.05) is 12.4 Å². The lowest BCUT2D eigenvalue weighted by molar-refractivity contribution is -0.193. The molecule has 3 heterocycles. The summed E-state index contributed by atoms with van der Waals surface area (Å²) in [5.41, 5.74) is 0. The number of ether oxygens (including phenoxy) is 1. The number of piperidine rings is 1. The van der Waals surface area contributed by atoms with Gasteiger partial charge in [0.05, 0.1) is 13.2 Å². The number of alkyl halides is 6. The third-order valence-electron chi connectivity index (χ3n) is 5.34. The van der Waals surface area contributed by atoms with E-state index in [1.54, 1.807) is 7.11 Å². The van der Waals surface area contributed by atoms with E-state index < -0.39 is 24.3 Å². The van der Waals surface area contributed by atoms with Crippen molar-refractivity contribution in [1.29, 1.82) is 0 Å². The maximum atomic E-state index is 10.6. The molecule has 2 N–H and O–H groups in total. The first kappa shape index (κ1) is 29.6. The van der Waals surface area contributed by atoms with Crippen LogP contribution in [-0.4, -0.2) is 100 Å². The molecule has 2 atom stereocenters. The van der Waals surface area contributed by atoms with Gasteiger partial charge in [-0.15, -0.1) is 0 Å². The molecule has 196 valence electrons. The van der Waals surface area contributed by atoms with Crippen molar-refractivity contribution < 1.29 is 50.9 Å². The van der Waals surface area contributed by atoms with E-state index in [0.717, 1.165) is 31.5 Å². The van der Waals surface area contributed by atoms with Crippen molar-refractivity contribution in [3.8, 4) is 0 Å². The van der Waals surface area contributed by atoms with Gasteiger partial charge in [-0.2, -0.15) is 26.3 Å². The lowest BCUT2D eigenvalue weighted by Crippen LogP contribution is -2.41. The van der Waals surface area contributed by atoms with E-state index >= 15 is 0 Å². The summed E-state index contributed by atoms with van der Waals surface area (Å²) in [6, 6.07) is 0. The normalized spacial score (nSPS) is 21.1. The number of imidazole rings is 1. The quantitative estimate of drug-likeness (QED) is 0.585. The molecule has 2 saturated heterocycles. The predicted molar refractivity (Wildman–Crippen MR) is 106 cm³/mol. The fourth-order valence-electron chi connectivity index (χ4n) is 3.64. The maximum absolute atomic E-state index is 10.6. The number of aryl methyl sites for hydroxylation is 1. The summed E-state index contributed by atoms with van der Waals surface area (Å²) in [4.78, 5) is 27.4. The Bertz CT molecular complexity index is 762. The van der Waals surface area contributed by atoms with Crippen LogP contribution in [0.25, 0.3) is 0 Å². The summed E-state index contributed by atoms with van der Waals surface area (Å²) >= 11 is 0. The molecule has 1 aromatic rings. The van der Waals surface area contributed by atoms with Gasteiger partial charge in [0.15, 0.2) is 0 Å². The molecule has 9 nitrogen and oxygen atoms in total. The standard InChI is InChI=1S/C15H26N4O.2C2HF3O2/c1-17-6-4-16-15(17)12-19-9-13-3-5-18(7-8-20-2)10-14(13)11-19;2*3-2(4,5)1(6)7/h4,6,13-14H,3,5,7-12H2,1-2H3;2*(H,6,7)/t13-,14+;;/m1../s1. The van der Waals surface area contributed by atoms with Gasteiger partial charge in [0.2, 0.25) is 0 Å². The molecular formula is C19H28F6N4O5. The summed E-state index contributed by atoms with van der Waals surface area (Å²) < 4.78 is 70.8. The van der Waals surface area contributed by atoms with Crippen LogP contribution in [0.3, 0.4) is 0 Å². The largest absolute Gasteiger partial charge is 0.490 e. The molecule has 2 aliphatic heterocycles. The first-order valence-electron chi connectivity index (χ1n) is 10.1. The first-order valence-corrected chi connectivity index (χ1v) is 10.1. The number of likely N-dealkylation sites (tertiary alicyclic amines) is 2. The number of nitrogens with zero attached hydrogens (tertiary/aromatic N) is 4. The van der Waals surface area contributed by atoms with Crippen LogP contribution in [0.5, 0.6) is 0 Å². The number of fused-ring (bicyclic) bond motifs is 1. The minimum absolute atomic E-state index is 0.834. The molecule has 3 rings (SSSR count). The van der Waals surface area contributed by atoms with Gasteiger partial charge in [0.25, 0.3) is 0 Å². The Morgan fingerprint density at radius 1 is 1.03 bits per heavy atom. The Kier molecular flexibility index (Phi) is 11.2. The minimum Gasteiger partial charge on any atom is -0.475 e. The van der Waals surface area contributed by atoms with Crippen molar-refractivity contribution in [3.63, 3.8) is 0 Å². The highest BCUT2D eigenvalue weighted by molar-refractivity contribution is 5.73. The summed E-state index contributed by atoms with van der Waals surface area (Å²) in [5, 5.41) is 14.2. The lowest BCUT2D eigenvalue weighted by Gasteiger charge is -2.34.